The van der Waals surface area contributed by atoms with Gasteiger partial charge in [-0.1, -0.05) is 19.8 Å². The number of hydrogen-bond donors (Lipinski definition) is 2. The van der Waals surface area contributed by atoms with Gasteiger partial charge in [0.2, 0.25) is 5.91 Å². The smallest absolute Gasteiger partial charge is 0.223 e. The second-order valence-electron chi connectivity index (χ2n) is 4.65. The molecule has 17 heavy (non-hydrogen) atoms. The van der Waals surface area contributed by atoms with Crippen LogP contribution < -0.4 is 5.32 Å². The lowest BCUT2D eigenvalue weighted by molar-refractivity contribution is -0.125. The second-order valence-corrected chi connectivity index (χ2v) is 4.65. The van der Waals surface area contributed by atoms with Crippen molar-refractivity contribution in [1.82, 2.24) is 20.7 Å². The number of aryl methyl sites for hydroxylation is 1. The summed E-state index contributed by atoms with van der Waals surface area (Å²) in [7, 11) is 0. The SMILES string of the molecule is CCCCCNC(=O)C1CCc2n[nH]nc2C1. The van der Waals surface area contributed by atoms with E-state index in [1.165, 1.54) is 12.8 Å². The highest BCUT2D eigenvalue weighted by Gasteiger charge is 2.26. The fourth-order valence-corrected chi connectivity index (χ4v) is 2.24. The van der Waals surface area contributed by atoms with Crippen LogP contribution in [0.15, 0.2) is 0 Å². The quantitative estimate of drug-likeness (QED) is 0.755. The third-order valence-electron chi connectivity index (χ3n) is 3.32. The van der Waals surface area contributed by atoms with Gasteiger partial charge in [-0.15, -0.1) is 0 Å². The number of nitrogens with zero attached hydrogens (tertiary/aromatic N) is 2. The number of unbranched alkanes of at least 4 members (excludes halogenated alkanes) is 2. The van der Waals surface area contributed by atoms with Gasteiger partial charge < -0.3 is 5.32 Å². The zero-order valence-corrected chi connectivity index (χ0v) is 10.3. The van der Waals surface area contributed by atoms with Crippen LogP contribution in [0, 0.1) is 5.92 Å². The number of aromatic nitrogens is 3. The first-order valence-electron chi connectivity index (χ1n) is 6.47. The minimum absolute atomic E-state index is 0.0780. The zero-order valence-electron chi connectivity index (χ0n) is 10.3. The van der Waals surface area contributed by atoms with Crippen molar-refractivity contribution in [3.05, 3.63) is 11.4 Å². The van der Waals surface area contributed by atoms with Gasteiger partial charge in [0.15, 0.2) is 0 Å². The van der Waals surface area contributed by atoms with E-state index in [1.807, 2.05) is 0 Å². The summed E-state index contributed by atoms with van der Waals surface area (Å²) in [4.78, 5) is 11.9. The number of hydrogen-bond acceptors (Lipinski definition) is 3. The van der Waals surface area contributed by atoms with Crippen LogP contribution in [0.3, 0.4) is 0 Å². The Morgan fingerprint density at radius 2 is 2.24 bits per heavy atom. The predicted molar refractivity (Wildman–Crippen MR) is 64.4 cm³/mol. The maximum Gasteiger partial charge on any atom is 0.223 e. The van der Waals surface area contributed by atoms with E-state index in [-0.39, 0.29) is 11.8 Å². The second kappa shape index (κ2) is 5.80. The van der Waals surface area contributed by atoms with E-state index in [2.05, 4.69) is 27.7 Å². The van der Waals surface area contributed by atoms with Crippen LogP contribution in [-0.2, 0) is 17.6 Å². The van der Waals surface area contributed by atoms with Crippen LogP contribution in [0.5, 0.6) is 0 Å². The Kier molecular flexibility index (Phi) is 4.12. The molecule has 0 fully saturated rings. The zero-order chi connectivity index (χ0) is 12.1. The van der Waals surface area contributed by atoms with Crippen molar-refractivity contribution in [3.63, 3.8) is 0 Å². The molecule has 0 radical (unpaired) electrons. The number of H-pyrrole nitrogens is 1. The molecule has 1 aromatic heterocycles. The molecule has 1 unspecified atom stereocenters. The number of aromatic amines is 1. The molecule has 1 heterocycles. The van der Waals surface area contributed by atoms with Crippen LogP contribution in [0.1, 0.15) is 44.0 Å². The summed E-state index contributed by atoms with van der Waals surface area (Å²) >= 11 is 0. The van der Waals surface area contributed by atoms with Crippen molar-refractivity contribution in [2.45, 2.75) is 45.4 Å². The molecule has 0 saturated heterocycles. The van der Waals surface area contributed by atoms with E-state index in [0.29, 0.717) is 0 Å². The van der Waals surface area contributed by atoms with Crippen molar-refractivity contribution >= 4 is 5.91 Å². The van der Waals surface area contributed by atoms with Gasteiger partial charge >= 0.3 is 0 Å². The summed E-state index contributed by atoms with van der Waals surface area (Å²) in [5.74, 6) is 0.254. The Morgan fingerprint density at radius 1 is 1.41 bits per heavy atom. The maximum absolute atomic E-state index is 11.9. The average Bonchev–Trinajstić information content (AvgIpc) is 2.81. The molecule has 0 aliphatic heterocycles. The Labute approximate surface area is 101 Å². The summed E-state index contributed by atoms with van der Waals surface area (Å²) < 4.78 is 0. The molecule has 0 spiro atoms. The summed E-state index contributed by atoms with van der Waals surface area (Å²) in [5, 5.41) is 13.8. The van der Waals surface area contributed by atoms with Crippen LogP contribution in [-0.4, -0.2) is 27.9 Å². The molecule has 5 nitrogen and oxygen atoms in total. The molecule has 1 aliphatic rings. The number of rotatable bonds is 5. The Hall–Kier alpha value is -1.39. The fraction of sp³-hybridized carbons (Fsp3) is 0.750. The van der Waals surface area contributed by atoms with Gasteiger partial charge in [-0.2, -0.15) is 15.4 Å². The van der Waals surface area contributed by atoms with Crippen molar-refractivity contribution < 1.29 is 4.79 Å². The molecule has 1 amide bonds. The van der Waals surface area contributed by atoms with Crippen LogP contribution >= 0.6 is 0 Å². The van der Waals surface area contributed by atoms with Crippen LogP contribution in [0.4, 0.5) is 0 Å². The van der Waals surface area contributed by atoms with Crippen LogP contribution in [0.2, 0.25) is 0 Å². The monoisotopic (exact) mass is 236 g/mol. The van der Waals surface area contributed by atoms with Gasteiger partial charge in [-0.25, -0.2) is 0 Å². The average molecular weight is 236 g/mol. The molecule has 0 saturated carbocycles. The summed E-state index contributed by atoms with van der Waals surface area (Å²) in [6.07, 6.45) is 5.91. The molecule has 0 bridgehead atoms. The third kappa shape index (κ3) is 3.05. The standard InChI is InChI=1S/C12H20N4O/c1-2-3-4-7-13-12(17)9-5-6-10-11(8-9)15-16-14-10/h9H,2-8H2,1H3,(H,13,17)(H,14,15,16). The van der Waals surface area contributed by atoms with Crippen molar-refractivity contribution in [3.8, 4) is 0 Å². The molecular formula is C12H20N4O. The molecule has 5 heteroatoms. The molecule has 1 aromatic rings. The number of amides is 1. The first kappa shape index (κ1) is 12.1. The molecule has 94 valence electrons. The maximum atomic E-state index is 11.9. The van der Waals surface area contributed by atoms with Gasteiger partial charge in [0, 0.05) is 18.9 Å². The lowest BCUT2D eigenvalue weighted by atomic mass is 9.89. The van der Waals surface area contributed by atoms with Gasteiger partial charge in [-0.3, -0.25) is 4.79 Å². The van der Waals surface area contributed by atoms with Gasteiger partial charge in [-0.05, 0) is 19.3 Å². The largest absolute Gasteiger partial charge is 0.356 e. The van der Waals surface area contributed by atoms with Crippen molar-refractivity contribution in [2.75, 3.05) is 6.54 Å². The van der Waals surface area contributed by atoms with E-state index in [9.17, 15) is 4.79 Å². The molecule has 1 aliphatic carbocycles. The summed E-state index contributed by atoms with van der Waals surface area (Å²) in [6, 6.07) is 0. The Balaban J connectivity index is 1.78. The minimum Gasteiger partial charge on any atom is -0.356 e. The first-order chi connectivity index (χ1) is 8.31. The lowest BCUT2D eigenvalue weighted by Gasteiger charge is -2.19. The van der Waals surface area contributed by atoms with E-state index in [0.717, 1.165) is 43.6 Å². The number of fused-ring (bicyclic) bond motifs is 1. The van der Waals surface area contributed by atoms with Gasteiger partial charge in [0.05, 0.1) is 11.4 Å². The molecular weight excluding hydrogens is 216 g/mol. The summed E-state index contributed by atoms with van der Waals surface area (Å²) in [5.41, 5.74) is 1.99. The summed E-state index contributed by atoms with van der Waals surface area (Å²) in [6.45, 7) is 2.96. The highest BCUT2D eigenvalue weighted by atomic mass is 16.1. The number of carbonyl (C=O) groups is 1. The highest BCUT2D eigenvalue weighted by Crippen LogP contribution is 2.22. The number of carbonyl (C=O) groups excluding carboxylic acids is 1. The normalized spacial score (nSPS) is 18.8. The molecule has 2 rings (SSSR count). The van der Waals surface area contributed by atoms with Crippen molar-refractivity contribution in [2.24, 2.45) is 5.92 Å². The minimum atomic E-state index is 0.0780. The van der Waals surface area contributed by atoms with E-state index in [1.54, 1.807) is 0 Å². The van der Waals surface area contributed by atoms with E-state index >= 15 is 0 Å². The fourth-order valence-electron chi connectivity index (χ4n) is 2.24. The Bertz CT molecular complexity index is 374. The molecule has 2 N–H and O–H groups in total. The van der Waals surface area contributed by atoms with E-state index in [4.69, 9.17) is 0 Å². The molecule has 0 aromatic carbocycles. The Morgan fingerprint density at radius 3 is 3.06 bits per heavy atom. The lowest BCUT2D eigenvalue weighted by Crippen LogP contribution is -2.34. The van der Waals surface area contributed by atoms with Crippen molar-refractivity contribution in [1.29, 1.82) is 0 Å². The topological polar surface area (TPSA) is 70.7 Å². The third-order valence-corrected chi connectivity index (χ3v) is 3.32. The first-order valence-corrected chi connectivity index (χ1v) is 6.47. The van der Waals surface area contributed by atoms with Gasteiger partial charge in [0.1, 0.15) is 0 Å². The highest BCUT2D eigenvalue weighted by molar-refractivity contribution is 5.79. The molecule has 1 atom stereocenters. The van der Waals surface area contributed by atoms with Crippen LogP contribution in [0.25, 0.3) is 0 Å². The van der Waals surface area contributed by atoms with Gasteiger partial charge in [0.25, 0.3) is 0 Å². The van der Waals surface area contributed by atoms with E-state index < -0.39 is 0 Å². The predicted octanol–water partition coefficient (Wildman–Crippen LogP) is 1.22. The number of nitrogens with one attached hydrogen (secondary N) is 2.